The summed E-state index contributed by atoms with van der Waals surface area (Å²) in [6.45, 7) is 3.73. The van der Waals surface area contributed by atoms with Crippen LogP contribution in [-0.2, 0) is 9.59 Å². The molecular weight excluding hydrogens is 244 g/mol. The van der Waals surface area contributed by atoms with Gasteiger partial charge in [0, 0.05) is 12.6 Å². The van der Waals surface area contributed by atoms with E-state index in [9.17, 15) is 9.59 Å². The van der Waals surface area contributed by atoms with Gasteiger partial charge in [0.2, 0.25) is 5.91 Å². The van der Waals surface area contributed by atoms with E-state index in [0.717, 1.165) is 25.9 Å². The second-order valence-electron chi connectivity index (χ2n) is 4.66. The minimum absolute atomic E-state index is 0.126. The molecule has 0 spiro atoms. The first-order valence-electron chi connectivity index (χ1n) is 6.44. The number of likely N-dealkylation sites (tertiary alicyclic amines) is 1. The normalized spacial score (nSPS) is 15.2. The van der Waals surface area contributed by atoms with Gasteiger partial charge < -0.3 is 10.1 Å². The molecule has 0 radical (unpaired) electrons. The molecule has 0 unspecified atom stereocenters. The highest BCUT2D eigenvalue weighted by Crippen LogP contribution is 2.16. The fourth-order valence-corrected chi connectivity index (χ4v) is 2.10. The van der Waals surface area contributed by atoms with Crippen molar-refractivity contribution in [2.45, 2.75) is 19.8 Å². The van der Waals surface area contributed by atoms with E-state index in [0.29, 0.717) is 18.0 Å². The van der Waals surface area contributed by atoms with Gasteiger partial charge in [0.1, 0.15) is 5.75 Å². The summed E-state index contributed by atoms with van der Waals surface area (Å²) in [6.07, 6.45) is 2.30. The van der Waals surface area contributed by atoms with Crippen LogP contribution in [0.5, 0.6) is 5.75 Å². The Morgan fingerprint density at radius 3 is 2.42 bits per heavy atom. The van der Waals surface area contributed by atoms with E-state index in [-0.39, 0.29) is 11.9 Å². The Balaban J connectivity index is 1.84. The minimum Gasteiger partial charge on any atom is -0.426 e. The van der Waals surface area contributed by atoms with Crippen molar-refractivity contribution in [1.82, 2.24) is 4.90 Å². The van der Waals surface area contributed by atoms with Gasteiger partial charge in [-0.2, -0.15) is 0 Å². The lowest BCUT2D eigenvalue weighted by Crippen LogP contribution is -2.29. The Morgan fingerprint density at radius 1 is 1.21 bits per heavy atom. The van der Waals surface area contributed by atoms with Crippen LogP contribution in [0.25, 0.3) is 0 Å². The molecule has 0 aliphatic carbocycles. The summed E-state index contributed by atoms with van der Waals surface area (Å²) in [4.78, 5) is 24.7. The van der Waals surface area contributed by atoms with Crippen LogP contribution in [-0.4, -0.2) is 36.4 Å². The highest BCUT2D eigenvalue weighted by atomic mass is 16.5. The van der Waals surface area contributed by atoms with Gasteiger partial charge in [-0.25, -0.2) is 0 Å². The van der Waals surface area contributed by atoms with Crippen molar-refractivity contribution in [2.24, 2.45) is 0 Å². The predicted molar refractivity (Wildman–Crippen MR) is 72.1 cm³/mol. The Labute approximate surface area is 112 Å². The number of benzene rings is 1. The molecule has 5 nitrogen and oxygen atoms in total. The number of amides is 1. The van der Waals surface area contributed by atoms with Crippen LogP contribution in [0.4, 0.5) is 5.69 Å². The quantitative estimate of drug-likeness (QED) is 0.662. The maximum Gasteiger partial charge on any atom is 0.325 e. The Hall–Kier alpha value is -1.88. The molecule has 1 heterocycles. The van der Waals surface area contributed by atoms with Gasteiger partial charge in [-0.1, -0.05) is 0 Å². The fraction of sp³-hybridized carbons (Fsp3) is 0.429. The summed E-state index contributed by atoms with van der Waals surface area (Å²) in [7, 11) is 0. The smallest absolute Gasteiger partial charge is 0.325 e. The average Bonchev–Trinajstić information content (AvgIpc) is 2.83. The van der Waals surface area contributed by atoms with Gasteiger partial charge >= 0.3 is 5.97 Å². The molecule has 1 fully saturated rings. The Kier molecular flexibility index (Phi) is 4.52. The molecule has 1 saturated heterocycles. The summed E-state index contributed by atoms with van der Waals surface area (Å²) >= 11 is 0. The molecule has 5 heteroatoms. The predicted octanol–water partition coefficient (Wildman–Crippen LogP) is 1.65. The first-order valence-corrected chi connectivity index (χ1v) is 6.44. The van der Waals surface area contributed by atoms with Crippen molar-refractivity contribution >= 4 is 17.6 Å². The van der Waals surface area contributed by atoms with Crippen LogP contribution in [0.15, 0.2) is 24.3 Å². The van der Waals surface area contributed by atoms with Crippen molar-refractivity contribution in [3.63, 3.8) is 0 Å². The highest BCUT2D eigenvalue weighted by Gasteiger charge is 2.16. The van der Waals surface area contributed by atoms with Crippen molar-refractivity contribution < 1.29 is 14.3 Å². The number of ether oxygens (including phenoxy) is 1. The van der Waals surface area contributed by atoms with Gasteiger partial charge in [0.05, 0.1) is 6.54 Å². The van der Waals surface area contributed by atoms with E-state index < -0.39 is 0 Å². The first-order chi connectivity index (χ1) is 9.13. The zero-order valence-electron chi connectivity index (χ0n) is 11.0. The number of anilines is 1. The lowest BCUT2D eigenvalue weighted by Gasteiger charge is -2.13. The van der Waals surface area contributed by atoms with Crippen LogP contribution >= 0.6 is 0 Å². The third-order valence-corrected chi connectivity index (χ3v) is 2.96. The number of carbonyl (C=O) groups excluding carboxylic acids is 2. The van der Waals surface area contributed by atoms with Gasteiger partial charge in [0.25, 0.3) is 0 Å². The molecule has 0 bridgehead atoms. The van der Waals surface area contributed by atoms with Gasteiger partial charge in [-0.15, -0.1) is 0 Å². The SMILES string of the molecule is CC(=O)Nc1ccc(OC(=O)CN2CCCC2)cc1. The van der Waals surface area contributed by atoms with Crippen LogP contribution in [0.3, 0.4) is 0 Å². The van der Waals surface area contributed by atoms with Crippen molar-refractivity contribution in [3.8, 4) is 5.75 Å². The van der Waals surface area contributed by atoms with E-state index in [1.165, 1.54) is 6.92 Å². The molecule has 1 amide bonds. The number of nitrogens with zero attached hydrogens (tertiary/aromatic N) is 1. The van der Waals surface area contributed by atoms with Crippen LogP contribution in [0, 0.1) is 0 Å². The summed E-state index contributed by atoms with van der Waals surface area (Å²) < 4.78 is 5.24. The standard InChI is InChI=1S/C14H18N2O3/c1-11(17)15-12-4-6-13(7-5-12)19-14(18)10-16-8-2-3-9-16/h4-7H,2-3,8-10H2,1H3,(H,15,17). The number of hydrogen-bond acceptors (Lipinski definition) is 4. The molecule has 1 N–H and O–H groups in total. The van der Waals surface area contributed by atoms with Gasteiger partial charge in [-0.05, 0) is 50.2 Å². The molecule has 2 rings (SSSR count). The molecule has 0 aromatic heterocycles. The van der Waals surface area contributed by atoms with Crippen molar-refractivity contribution in [2.75, 3.05) is 25.0 Å². The third kappa shape index (κ3) is 4.37. The van der Waals surface area contributed by atoms with Gasteiger partial charge in [-0.3, -0.25) is 14.5 Å². The Morgan fingerprint density at radius 2 is 1.84 bits per heavy atom. The minimum atomic E-state index is -0.242. The topological polar surface area (TPSA) is 58.6 Å². The lowest BCUT2D eigenvalue weighted by molar-refractivity contribution is -0.135. The van der Waals surface area contributed by atoms with E-state index >= 15 is 0 Å². The molecule has 102 valence electrons. The highest BCUT2D eigenvalue weighted by molar-refractivity contribution is 5.88. The van der Waals surface area contributed by atoms with E-state index in [1.807, 2.05) is 0 Å². The van der Waals surface area contributed by atoms with Crippen molar-refractivity contribution in [3.05, 3.63) is 24.3 Å². The zero-order valence-corrected chi connectivity index (χ0v) is 11.0. The molecule has 1 aromatic rings. The number of nitrogens with one attached hydrogen (secondary N) is 1. The van der Waals surface area contributed by atoms with Gasteiger partial charge in [0.15, 0.2) is 0 Å². The van der Waals surface area contributed by atoms with E-state index in [2.05, 4.69) is 10.2 Å². The lowest BCUT2D eigenvalue weighted by atomic mass is 10.3. The van der Waals surface area contributed by atoms with E-state index in [4.69, 9.17) is 4.74 Å². The molecule has 1 aromatic carbocycles. The average molecular weight is 262 g/mol. The molecule has 0 atom stereocenters. The van der Waals surface area contributed by atoms with Crippen molar-refractivity contribution in [1.29, 1.82) is 0 Å². The summed E-state index contributed by atoms with van der Waals surface area (Å²) in [5.41, 5.74) is 0.687. The second kappa shape index (κ2) is 6.33. The second-order valence-corrected chi connectivity index (χ2v) is 4.66. The summed E-state index contributed by atoms with van der Waals surface area (Å²) in [5.74, 6) is 0.131. The third-order valence-electron chi connectivity index (χ3n) is 2.96. The summed E-state index contributed by atoms with van der Waals surface area (Å²) in [6, 6.07) is 6.76. The molecule has 1 aliphatic heterocycles. The maximum absolute atomic E-state index is 11.7. The number of hydrogen-bond donors (Lipinski definition) is 1. The summed E-state index contributed by atoms with van der Waals surface area (Å²) in [5, 5.41) is 2.66. The maximum atomic E-state index is 11.7. The Bertz CT molecular complexity index is 450. The molecule has 0 saturated carbocycles. The fourth-order valence-electron chi connectivity index (χ4n) is 2.10. The number of esters is 1. The monoisotopic (exact) mass is 262 g/mol. The number of carbonyl (C=O) groups is 2. The largest absolute Gasteiger partial charge is 0.426 e. The van der Waals surface area contributed by atoms with Crippen LogP contribution < -0.4 is 10.1 Å². The van der Waals surface area contributed by atoms with E-state index in [1.54, 1.807) is 24.3 Å². The molecule has 1 aliphatic rings. The number of rotatable bonds is 4. The first kappa shape index (κ1) is 13.5. The molecule has 19 heavy (non-hydrogen) atoms. The molecular formula is C14H18N2O3. The van der Waals surface area contributed by atoms with Crippen LogP contribution in [0.1, 0.15) is 19.8 Å². The van der Waals surface area contributed by atoms with Crippen LogP contribution in [0.2, 0.25) is 0 Å². The zero-order chi connectivity index (χ0) is 13.7.